The molecule has 0 amide bonds. The molecule has 2 rings (SSSR count). The fraction of sp³-hybridized carbons (Fsp3) is 0.0769. The highest BCUT2D eigenvalue weighted by Gasteiger charge is 2.24. The number of nitrogen functional groups attached to an aromatic ring is 1. The van der Waals surface area contributed by atoms with Crippen molar-refractivity contribution in [2.24, 2.45) is 0 Å². The van der Waals surface area contributed by atoms with E-state index in [0.29, 0.717) is 5.56 Å². The molecular formula is C13H10Cl3NO2S. The van der Waals surface area contributed by atoms with E-state index in [0.717, 1.165) is 0 Å². The lowest BCUT2D eigenvalue weighted by atomic mass is 10.2. The molecule has 0 fully saturated rings. The third kappa shape index (κ3) is 3.04. The summed E-state index contributed by atoms with van der Waals surface area (Å²) in [6.07, 6.45) is 0. The number of nitrogens with two attached hydrogens (primary N) is 1. The van der Waals surface area contributed by atoms with Gasteiger partial charge in [0.15, 0.2) is 9.84 Å². The van der Waals surface area contributed by atoms with Gasteiger partial charge in [-0.3, -0.25) is 0 Å². The molecule has 0 saturated heterocycles. The number of halogens is 3. The van der Waals surface area contributed by atoms with Crippen LogP contribution in [0.25, 0.3) is 0 Å². The first-order valence-corrected chi connectivity index (χ1v) is 8.31. The second kappa shape index (κ2) is 5.82. The van der Waals surface area contributed by atoms with Crippen LogP contribution in [0.15, 0.2) is 41.3 Å². The van der Waals surface area contributed by atoms with Crippen molar-refractivity contribution < 1.29 is 8.42 Å². The molecule has 0 aromatic heterocycles. The maximum Gasteiger partial charge on any atom is 0.186 e. The molecule has 0 aliphatic rings. The van der Waals surface area contributed by atoms with Crippen LogP contribution in [-0.4, -0.2) is 8.42 Å². The van der Waals surface area contributed by atoms with Crippen LogP contribution < -0.4 is 5.73 Å². The van der Waals surface area contributed by atoms with Crippen molar-refractivity contribution in [1.82, 2.24) is 0 Å². The summed E-state index contributed by atoms with van der Waals surface area (Å²) in [5, 5.41) is 0.645. The Morgan fingerprint density at radius 2 is 1.40 bits per heavy atom. The van der Waals surface area contributed by atoms with E-state index < -0.39 is 9.84 Å². The van der Waals surface area contributed by atoms with E-state index in [4.69, 9.17) is 40.5 Å². The Hall–Kier alpha value is -0.940. The van der Waals surface area contributed by atoms with Crippen LogP contribution in [0.3, 0.4) is 0 Å². The van der Waals surface area contributed by atoms with Crippen LogP contribution in [-0.2, 0) is 15.6 Å². The van der Waals surface area contributed by atoms with Gasteiger partial charge in [-0.15, -0.1) is 0 Å². The number of benzene rings is 2. The minimum Gasteiger partial charge on any atom is -0.398 e. The monoisotopic (exact) mass is 349 g/mol. The summed E-state index contributed by atoms with van der Waals surface area (Å²) in [5.74, 6) is -0.362. The molecule has 2 N–H and O–H groups in total. The van der Waals surface area contributed by atoms with Gasteiger partial charge in [-0.1, -0.05) is 46.9 Å². The molecule has 0 saturated carbocycles. The molecule has 2 aromatic carbocycles. The van der Waals surface area contributed by atoms with E-state index in [1.165, 1.54) is 12.1 Å². The Balaban J connectivity index is 2.53. The van der Waals surface area contributed by atoms with Crippen LogP contribution >= 0.6 is 34.8 Å². The van der Waals surface area contributed by atoms with Crippen LogP contribution in [0.4, 0.5) is 5.69 Å². The van der Waals surface area contributed by atoms with Gasteiger partial charge < -0.3 is 5.73 Å². The average Bonchev–Trinajstić information content (AvgIpc) is 2.33. The molecular weight excluding hydrogens is 341 g/mol. The van der Waals surface area contributed by atoms with Crippen LogP contribution in [0.5, 0.6) is 0 Å². The maximum absolute atomic E-state index is 12.5. The van der Waals surface area contributed by atoms with Gasteiger partial charge in [0.25, 0.3) is 0 Å². The summed E-state index contributed by atoms with van der Waals surface area (Å²) in [7, 11) is -3.75. The van der Waals surface area contributed by atoms with Crippen molar-refractivity contribution in [1.29, 1.82) is 0 Å². The smallest absolute Gasteiger partial charge is 0.186 e. The molecule has 0 spiro atoms. The SMILES string of the molecule is Nc1cccc(Cl)c1S(=O)(=O)Cc1c(Cl)cccc1Cl. The van der Waals surface area contributed by atoms with Crippen molar-refractivity contribution in [3.05, 3.63) is 57.0 Å². The topological polar surface area (TPSA) is 60.2 Å². The van der Waals surface area contributed by atoms with Crippen LogP contribution in [0.1, 0.15) is 5.56 Å². The molecule has 0 radical (unpaired) electrons. The average molecular weight is 351 g/mol. The molecule has 0 aliphatic heterocycles. The lowest BCUT2D eigenvalue weighted by molar-refractivity contribution is 0.595. The zero-order valence-corrected chi connectivity index (χ0v) is 13.2. The first-order chi connectivity index (χ1) is 9.33. The van der Waals surface area contributed by atoms with Gasteiger partial charge >= 0.3 is 0 Å². The third-order valence-corrected chi connectivity index (χ3v) is 5.59. The molecule has 0 unspecified atom stereocenters. The van der Waals surface area contributed by atoms with Crippen molar-refractivity contribution in [3.63, 3.8) is 0 Å². The van der Waals surface area contributed by atoms with Gasteiger partial charge in [-0.2, -0.15) is 0 Å². The quantitative estimate of drug-likeness (QED) is 0.844. The molecule has 0 atom stereocenters. The van der Waals surface area contributed by atoms with Crippen molar-refractivity contribution in [2.45, 2.75) is 10.6 Å². The second-order valence-corrected chi connectivity index (χ2v) is 7.27. The first kappa shape index (κ1) is 15.4. The minimum absolute atomic E-state index is 0.0770. The summed E-state index contributed by atoms with van der Waals surface area (Å²) < 4.78 is 24.9. The Morgan fingerprint density at radius 3 is 1.95 bits per heavy atom. The molecule has 2 aromatic rings. The highest BCUT2D eigenvalue weighted by atomic mass is 35.5. The first-order valence-electron chi connectivity index (χ1n) is 5.52. The van der Waals surface area contributed by atoms with E-state index in [-0.39, 0.29) is 31.4 Å². The predicted octanol–water partition coefficient (Wildman–Crippen LogP) is 4.20. The number of hydrogen-bond donors (Lipinski definition) is 1. The predicted molar refractivity (Wildman–Crippen MR) is 83.2 cm³/mol. The minimum atomic E-state index is -3.75. The molecule has 3 nitrogen and oxygen atoms in total. The molecule has 0 aliphatic carbocycles. The standard InChI is InChI=1S/C13H10Cl3NO2S/c14-9-3-1-4-10(15)8(9)7-20(18,19)13-11(16)5-2-6-12(13)17/h1-6H,7,17H2. The zero-order valence-electron chi connectivity index (χ0n) is 10.1. The fourth-order valence-electron chi connectivity index (χ4n) is 1.79. The van der Waals surface area contributed by atoms with E-state index in [2.05, 4.69) is 0 Å². The van der Waals surface area contributed by atoms with E-state index in [1.807, 2.05) is 0 Å². The molecule has 0 bridgehead atoms. The van der Waals surface area contributed by atoms with Crippen molar-refractivity contribution in [3.8, 4) is 0 Å². The summed E-state index contributed by atoms with van der Waals surface area (Å²) in [6.45, 7) is 0. The lowest BCUT2D eigenvalue weighted by Crippen LogP contribution is -2.09. The summed E-state index contributed by atoms with van der Waals surface area (Å²) in [4.78, 5) is -0.0994. The van der Waals surface area contributed by atoms with Gasteiger partial charge in [0, 0.05) is 15.6 Å². The van der Waals surface area contributed by atoms with Gasteiger partial charge in [0.05, 0.1) is 16.5 Å². The summed E-state index contributed by atoms with van der Waals surface area (Å²) in [5.41, 5.74) is 6.13. The Kier molecular flexibility index (Phi) is 4.49. The van der Waals surface area contributed by atoms with Gasteiger partial charge in [-0.25, -0.2) is 8.42 Å². The number of hydrogen-bond acceptors (Lipinski definition) is 3. The number of sulfone groups is 1. The van der Waals surface area contributed by atoms with Crippen LogP contribution in [0, 0.1) is 0 Å². The third-order valence-electron chi connectivity index (χ3n) is 2.70. The fourth-order valence-corrected chi connectivity index (χ4v) is 4.64. The summed E-state index contributed by atoms with van der Waals surface area (Å²) in [6, 6.07) is 9.33. The number of rotatable bonds is 3. The van der Waals surface area contributed by atoms with Gasteiger partial charge in [0.2, 0.25) is 0 Å². The van der Waals surface area contributed by atoms with E-state index >= 15 is 0 Å². The van der Waals surface area contributed by atoms with E-state index in [1.54, 1.807) is 24.3 Å². The Bertz CT molecular complexity index is 720. The highest BCUT2D eigenvalue weighted by molar-refractivity contribution is 7.91. The molecule has 7 heteroatoms. The Morgan fingerprint density at radius 1 is 0.900 bits per heavy atom. The van der Waals surface area contributed by atoms with Crippen molar-refractivity contribution >= 4 is 50.3 Å². The molecule has 0 heterocycles. The molecule has 20 heavy (non-hydrogen) atoms. The molecule has 106 valence electrons. The largest absolute Gasteiger partial charge is 0.398 e. The number of anilines is 1. The summed E-state index contributed by atoms with van der Waals surface area (Å²) >= 11 is 17.9. The van der Waals surface area contributed by atoms with E-state index in [9.17, 15) is 8.42 Å². The van der Waals surface area contributed by atoms with Crippen molar-refractivity contribution in [2.75, 3.05) is 5.73 Å². The van der Waals surface area contributed by atoms with Crippen LogP contribution in [0.2, 0.25) is 15.1 Å². The maximum atomic E-state index is 12.5. The normalized spacial score (nSPS) is 11.6. The second-order valence-electron chi connectivity index (χ2n) is 4.12. The highest BCUT2D eigenvalue weighted by Crippen LogP contribution is 2.33. The lowest BCUT2D eigenvalue weighted by Gasteiger charge is -2.11. The van der Waals surface area contributed by atoms with Gasteiger partial charge in [-0.05, 0) is 24.3 Å². The zero-order chi connectivity index (χ0) is 14.9. The van der Waals surface area contributed by atoms with Gasteiger partial charge in [0.1, 0.15) is 4.90 Å². The Labute approximate surface area is 132 Å².